The maximum Gasteiger partial charge on any atom is 0.145 e. The molecule has 5 heteroatoms. The molecule has 0 aliphatic carbocycles. The summed E-state index contributed by atoms with van der Waals surface area (Å²) in [6, 6.07) is 45.8. The van der Waals surface area contributed by atoms with Crippen LogP contribution in [0, 0.1) is 19.1 Å². The summed E-state index contributed by atoms with van der Waals surface area (Å²) in [4.78, 5) is 8.84. The van der Waals surface area contributed by atoms with Crippen LogP contribution in [-0.4, -0.2) is 9.97 Å². The van der Waals surface area contributed by atoms with Gasteiger partial charge in [-0.3, -0.25) is 0 Å². The van der Waals surface area contributed by atoms with Crippen LogP contribution in [0.5, 0.6) is 0 Å². The average molecular weight is 854 g/mol. The van der Waals surface area contributed by atoms with Crippen molar-refractivity contribution < 1.29 is 24.5 Å². The van der Waals surface area contributed by atoms with Gasteiger partial charge < -0.3 is 19.7 Å². The Kier molecular flexibility index (Phi) is 9.92. The summed E-state index contributed by atoms with van der Waals surface area (Å²) in [5, 5.41) is 6.09. The monoisotopic (exact) mass is 854 g/mol. The molecule has 4 nitrogen and oxygen atoms in total. The molecule has 0 unspecified atom stereocenters. The van der Waals surface area contributed by atoms with E-state index in [2.05, 4.69) is 111 Å². The molecule has 3 aromatic heterocycles. The fraction of sp³-hybridized carbons (Fsp3) is 0.149. The predicted molar refractivity (Wildman–Crippen MR) is 211 cm³/mol. The minimum absolute atomic E-state index is 0. The predicted octanol–water partition coefficient (Wildman–Crippen LogP) is 12.9. The maximum atomic E-state index is 6.59. The molecule has 0 fully saturated rings. The van der Waals surface area contributed by atoms with Crippen LogP contribution in [0.15, 0.2) is 132 Å². The van der Waals surface area contributed by atoms with Crippen LogP contribution in [-0.2, 0) is 20.1 Å². The Hall–Kier alpha value is -5.35. The van der Waals surface area contributed by atoms with E-state index in [4.69, 9.17) is 4.42 Å². The van der Waals surface area contributed by atoms with Gasteiger partial charge in [-0.25, -0.2) is 0 Å². The number of benzene rings is 5. The van der Waals surface area contributed by atoms with Crippen molar-refractivity contribution >= 4 is 33.3 Å². The van der Waals surface area contributed by atoms with Crippen LogP contribution in [0.4, 0.5) is 11.4 Å². The molecular weight excluding hydrogens is 815 g/mol. The van der Waals surface area contributed by atoms with Crippen molar-refractivity contribution in [3.05, 3.63) is 156 Å². The van der Waals surface area contributed by atoms with Gasteiger partial charge in [0.05, 0.1) is 0 Å². The summed E-state index contributed by atoms with van der Waals surface area (Å²) in [6.45, 7) is 11.5. The number of para-hydroxylation sites is 1. The summed E-state index contributed by atoms with van der Waals surface area (Å²) >= 11 is 0. The van der Waals surface area contributed by atoms with Crippen molar-refractivity contribution in [3.63, 3.8) is 0 Å². The number of nitrogens with zero attached hydrogens (tertiary/aromatic N) is 2. The Morgan fingerprint density at radius 2 is 1.35 bits per heavy atom. The van der Waals surface area contributed by atoms with E-state index < -0.39 is 0 Å². The van der Waals surface area contributed by atoms with Crippen LogP contribution in [0.25, 0.3) is 66.7 Å². The Morgan fingerprint density at radius 3 is 2.02 bits per heavy atom. The van der Waals surface area contributed by atoms with Crippen molar-refractivity contribution in [2.45, 2.75) is 46.5 Å². The molecule has 52 heavy (non-hydrogen) atoms. The quantitative estimate of drug-likeness (QED) is 0.179. The Balaban J connectivity index is 0.000000275. The zero-order valence-electron chi connectivity index (χ0n) is 29.9. The normalized spacial score (nSPS) is 11.5. The van der Waals surface area contributed by atoms with Gasteiger partial charge in [0.1, 0.15) is 11.2 Å². The first-order valence-corrected chi connectivity index (χ1v) is 17.6. The molecule has 0 atom stereocenters. The smallest absolute Gasteiger partial charge is 0.145 e. The molecule has 8 aromatic rings. The van der Waals surface area contributed by atoms with Gasteiger partial charge in [-0.1, -0.05) is 81.8 Å². The van der Waals surface area contributed by atoms with Gasteiger partial charge in [0.2, 0.25) is 0 Å². The standard InChI is InChI=1S/C36H31N2O.C11H8N.Ir/c1-20(2)26-19-27-22(5)34(33(26)21(3)4)28-18-23(29-11-8-9-17-37-29)13-15-30(28)38-31-16-14-25-24-10-6-7-12-32(24)39-36(25)35(27)31;1-2-6-10(7-3-1)11-8-4-5-9-12-11;/h6-12,14-21,38H,1-5H3;1-6,8-9H;/q2*-1;. The first-order chi connectivity index (χ1) is 24.9. The topological polar surface area (TPSA) is 51.0 Å². The van der Waals surface area contributed by atoms with Crippen molar-refractivity contribution in [1.29, 1.82) is 0 Å². The third kappa shape index (κ3) is 6.36. The van der Waals surface area contributed by atoms with E-state index in [-0.39, 0.29) is 20.1 Å². The number of nitrogens with one attached hydrogen (secondary N) is 1. The molecule has 259 valence electrons. The van der Waals surface area contributed by atoms with Gasteiger partial charge in [-0.2, -0.15) is 0 Å². The maximum absolute atomic E-state index is 6.59. The molecule has 2 bridgehead atoms. The average Bonchev–Trinajstić information content (AvgIpc) is 3.55. The number of anilines is 2. The molecular formula is C47H39IrN3O-2. The second-order valence-electron chi connectivity index (χ2n) is 13.7. The van der Waals surface area contributed by atoms with E-state index >= 15 is 0 Å². The van der Waals surface area contributed by atoms with Crippen LogP contribution in [0.2, 0.25) is 0 Å². The summed E-state index contributed by atoms with van der Waals surface area (Å²) in [5.74, 6) is 0.738. The molecule has 0 saturated heterocycles. The molecule has 1 aliphatic rings. The Morgan fingerprint density at radius 1 is 0.635 bits per heavy atom. The first-order valence-electron chi connectivity index (χ1n) is 17.6. The van der Waals surface area contributed by atoms with Crippen molar-refractivity contribution in [1.82, 2.24) is 9.97 Å². The van der Waals surface area contributed by atoms with Gasteiger partial charge in [-0.15, -0.1) is 59.7 Å². The minimum Gasteiger partial charge on any atom is -0.455 e. The second kappa shape index (κ2) is 14.7. The fourth-order valence-corrected chi connectivity index (χ4v) is 7.38. The number of rotatable bonds is 4. The third-order valence-corrected chi connectivity index (χ3v) is 9.76. The molecule has 0 spiro atoms. The number of aromatic nitrogens is 2. The van der Waals surface area contributed by atoms with Gasteiger partial charge >= 0.3 is 0 Å². The van der Waals surface area contributed by atoms with Crippen LogP contribution >= 0.6 is 0 Å². The SMILES string of the molecule is Cc1c2cc(C(C)C)c(C(C)C)c1-c1cc(-c3ccccn3)[c-]cc1Nc1ccc3c(oc4ccccc43)c1-2.[Ir].[c-]1ccccc1-c1ccccn1. The van der Waals surface area contributed by atoms with E-state index in [1.54, 1.807) is 6.20 Å². The Labute approximate surface area is 319 Å². The zero-order valence-corrected chi connectivity index (χ0v) is 32.3. The van der Waals surface area contributed by atoms with E-state index in [1.165, 1.54) is 33.4 Å². The van der Waals surface area contributed by atoms with Crippen LogP contribution in [0.1, 0.15) is 56.2 Å². The first kappa shape index (κ1) is 35.1. The summed E-state index contributed by atoms with van der Waals surface area (Å²) in [5.41, 5.74) is 16.8. The summed E-state index contributed by atoms with van der Waals surface area (Å²) in [6.07, 6.45) is 3.63. The van der Waals surface area contributed by atoms with Gasteiger partial charge in [0, 0.05) is 54.5 Å². The molecule has 0 amide bonds. The van der Waals surface area contributed by atoms with E-state index in [0.29, 0.717) is 11.8 Å². The minimum atomic E-state index is 0. The van der Waals surface area contributed by atoms with E-state index in [1.807, 2.05) is 72.9 Å². The van der Waals surface area contributed by atoms with Crippen molar-refractivity contribution in [2.75, 3.05) is 5.32 Å². The molecule has 1 aliphatic heterocycles. The van der Waals surface area contributed by atoms with E-state index in [9.17, 15) is 0 Å². The van der Waals surface area contributed by atoms with E-state index in [0.717, 1.165) is 61.4 Å². The van der Waals surface area contributed by atoms with Gasteiger partial charge in [-0.05, 0) is 94.0 Å². The fourth-order valence-electron chi connectivity index (χ4n) is 7.38. The molecule has 9 rings (SSSR count). The number of hydrogen-bond acceptors (Lipinski definition) is 4. The molecule has 4 heterocycles. The van der Waals surface area contributed by atoms with Crippen molar-refractivity contribution in [3.8, 4) is 44.8 Å². The van der Waals surface area contributed by atoms with Crippen molar-refractivity contribution in [2.24, 2.45) is 0 Å². The second-order valence-corrected chi connectivity index (χ2v) is 13.7. The van der Waals surface area contributed by atoms with Crippen LogP contribution < -0.4 is 5.32 Å². The molecule has 5 aromatic carbocycles. The third-order valence-electron chi connectivity index (χ3n) is 9.76. The molecule has 0 saturated carbocycles. The number of furan rings is 1. The number of hydrogen-bond donors (Lipinski definition) is 1. The van der Waals surface area contributed by atoms with Crippen LogP contribution in [0.3, 0.4) is 0 Å². The van der Waals surface area contributed by atoms with Gasteiger partial charge in [0.25, 0.3) is 0 Å². The van der Waals surface area contributed by atoms with Gasteiger partial charge in [0.15, 0.2) is 0 Å². The zero-order chi connectivity index (χ0) is 35.1. The summed E-state index contributed by atoms with van der Waals surface area (Å²) in [7, 11) is 0. The number of fused-ring (bicyclic) bond motifs is 10. The largest absolute Gasteiger partial charge is 0.455 e. The molecule has 1 radical (unpaired) electrons. The molecule has 1 N–H and O–H groups in total. The number of pyridine rings is 2. The summed E-state index contributed by atoms with van der Waals surface area (Å²) < 4.78 is 6.59. The Bertz CT molecular complexity index is 2470.